The Kier molecular flexibility index (Phi) is 1.75. The first kappa shape index (κ1) is 10.6. The molecule has 1 aromatic rings. The molecule has 0 saturated carbocycles. The van der Waals surface area contributed by atoms with Gasteiger partial charge in [-0.1, -0.05) is 19.4 Å². The van der Waals surface area contributed by atoms with Crippen molar-refractivity contribution in [3.8, 4) is 0 Å². The average Bonchev–Trinajstić information content (AvgIpc) is 1.82. The van der Waals surface area contributed by atoms with Gasteiger partial charge in [0.1, 0.15) is 0 Å². The van der Waals surface area contributed by atoms with Crippen molar-refractivity contribution in [2.75, 3.05) is 0 Å². The average molecular weight is 285 g/mol. The van der Waals surface area contributed by atoms with Gasteiger partial charge in [-0.15, -0.1) is 0 Å². The largest absolute Gasteiger partial charge is 0.342 e. The summed E-state index contributed by atoms with van der Waals surface area (Å²) in [6, 6.07) is 0. The van der Waals surface area contributed by atoms with Crippen molar-refractivity contribution < 1.29 is 19.4 Å². The molecule has 0 spiro atoms. The molecule has 13 heavy (non-hydrogen) atoms. The van der Waals surface area contributed by atoms with E-state index in [0.717, 1.165) is 0 Å². The predicted octanol–water partition coefficient (Wildman–Crippen LogP) is 3.90. The minimum atomic E-state index is -9.69. The van der Waals surface area contributed by atoms with Crippen LogP contribution in [0.2, 0.25) is 0 Å². The lowest BCUT2D eigenvalue weighted by molar-refractivity contribution is 0.351. The summed E-state index contributed by atoms with van der Waals surface area (Å²) in [6.07, 6.45) is 1.22. The van der Waals surface area contributed by atoms with E-state index in [9.17, 15) is 19.4 Å². The Morgan fingerprint density at radius 3 is 1.69 bits per heavy atom. The topological polar surface area (TPSA) is 25.8 Å². The lowest BCUT2D eigenvalue weighted by atomic mass is 10.7. The highest BCUT2D eigenvalue weighted by Gasteiger charge is 2.68. The summed E-state index contributed by atoms with van der Waals surface area (Å²) >= 11 is 2.72. The fraction of sp³-hybridized carbons (Fsp3) is 0. The van der Waals surface area contributed by atoms with Gasteiger partial charge in [-0.25, -0.2) is 9.97 Å². The molecule has 0 aliphatic carbocycles. The predicted molar refractivity (Wildman–Crippen MR) is 41.1 cm³/mol. The maximum atomic E-state index is 11.9. The molecule has 0 N–H and O–H groups in total. The van der Waals surface area contributed by atoms with Crippen molar-refractivity contribution in [2.24, 2.45) is 0 Å². The molecule has 0 aliphatic heterocycles. The molecule has 9 heteroatoms. The summed E-state index contributed by atoms with van der Waals surface area (Å²) in [4.78, 5) is 5.03. The zero-order valence-electron chi connectivity index (χ0n) is 5.73. The molecule has 76 valence electrons. The van der Waals surface area contributed by atoms with Crippen LogP contribution in [0.5, 0.6) is 0 Å². The maximum absolute atomic E-state index is 11.9. The standard InChI is InChI=1S/C4H2BrF5N2S/c5-3-1-11-4(12-2-3)13(6,7,8,9)10/h1-2H. The third-order valence-electron chi connectivity index (χ3n) is 0.942. The Morgan fingerprint density at radius 2 is 1.38 bits per heavy atom. The van der Waals surface area contributed by atoms with Gasteiger partial charge >= 0.3 is 10.2 Å². The molecule has 0 saturated heterocycles. The number of nitrogens with zero attached hydrogens (tertiary/aromatic N) is 2. The van der Waals surface area contributed by atoms with Crippen molar-refractivity contribution in [3.63, 3.8) is 0 Å². The highest BCUT2D eigenvalue weighted by atomic mass is 79.9. The van der Waals surface area contributed by atoms with Gasteiger partial charge in [0.05, 0.1) is 4.47 Å². The van der Waals surface area contributed by atoms with E-state index in [1.165, 1.54) is 0 Å². The molecule has 0 radical (unpaired) electrons. The Balaban J connectivity index is 3.34. The quantitative estimate of drug-likeness (QED) is 0.577. The lowest BCUT2D eigenvalue weighted by Gasteiger charge is -2.37. The number of aromatic nitrogens is 2. The van der Waals surface area contributed by atoms with Crippen LogP contribution in [-0.2, 0) is 0 Å². The van der Waals surface area contributed by atoms with Crippen LogP contribution in [0.3, 0.4) is 0 Å². The van der Waals surface area contributed by atoms with Crippen LogP contribution in [0.15, 0.2) is 22.0 Å². The second-order valence-corrected chi connectivity index (χ2v) is 5.37. The Hall–Kier alpha value is -0.440. The summed E-state index contributed by atoms with van der Waals surface area (Å²) in [5, 5.41) is -2.37. The zero-order valence-corrected chi connectivity index (χ0v) is 8.13. The van der Waals surface area contributed by atoms with Gasteiger partial charge in [-0.3, -0.25) is 0 Å². The van der Waals surface area contributed by atoms with Crippen LogP contribution in [-0.4, -0.2) is 9.97 Å². The van der Waals surface area contributed by atoms with Crippen molar-refractivity contribution >= 4 is 26.2 Å². The van der Waals surface area contributed by atoms with E-state index in [0.29, 0.717) is 12.4 Å². The Labute approximate surface area is 78.0 Å². The van der Waals surface area contributed by atoms with Gasteiger partial charge in [-0.2, -0.15) is 0 Å². The van der Waals surface area contributed by atoms with Crippen LogP contribution in [0.25, 0.3) is 0 Å². The van der Waals surface area contributed by atoms with E-state index in [4.69, 9.17) is 0 Å². The first-order chi connectivity index (χ1) is 5.49. The third-order valence-corrected chi connectivity index (χ3v) is 2.25. The summed E-state index contributed by atoms with van der Waals surface area (Å²) < 4.78 is 59.8. The van der Waals surface area contributed by atoms with Gasteiger partial charge in [0.25, 0.3) is 5.16 Å². The molecule has 0 fully saturated rings. The van der Waals surface area contributed by atoms with Crippen molar-refractivity contribution in [3.05, 3.63) is 16.9 Å². The fourth-order valence-corrected chi connectivity index (χ4v) is 1.21. The zero-order chi connectivity index (χ0) is 10.4. The molecular weight excluding hydrogens is 283 g/mol. The molecule has 0 amide bonds. The van der Waals surface area contributed by atoms with Crippen molar-refractivity contribution in [1.82, 2.24) is 9.97 Å². The Bertz CT molecular complexity index is 330. The smallest absolute Gasteiger partial charge is 0.222 e. The third kappa shape index (κ3) is 2.76. The minimum Gasteiger partial charge on any atom is -0.222 e. The molecule has 0 bridgehead atoms. The molecule has 0 aromatic carbocycles. The van der Waals surface area contributed by atoms with Crippen LogP contribution in [0.4, 0.5) is 19.4 Å². The van der Waals surface area contributed by atoms with Crippen LogP contribution >= 0.6 is 26.2 Å². The number of rotatable bonds is 1. The lowest BCUT2D eigenvalue weighted by Crippen LogP contribution is -2.10. The molecular formula is C4H2BrF5N2S. The first-order valence-corrected chi connectivity index (χ1v) is 5.45. The van der Waals surface area contributed by atoms with Crippen LogP contribution in [0.1, 0.15) is 0 Å². The monoisotopic (exact) mass is 284 g/mol. The summed E-state index contributed by atoms with van der Waals surface area (Å²) in [5.41, 5.74) is 0. The van der Waals surface area contributed by atoms with Crippen LogP contribution in [0, 0.1) is 0 Å². The van der Waals surface area contributed by atoms with E-state index in [-0.39, 0.29) is 4.47 Å². The van der Waals surface area contributed by atoms with E-state index < -0.39 is 15.4 Å². The SMILES string of the molecule is FS(F)(F)(F)(F)c1ncc(Br)cn1. The fourth-order valence-electron chi connectivity index (χ4n) is 0.500. The summed E-state index contributed by atoms with van der Waals surface area (Å²) in [7, 11) is -9.69. The first-order valence-electron chi connectivity index (χ1n) is 2.71. The minimum absolute atomic E-state index is 0.0955. The van der Waals surface area contributed by atoms with E-state index in [2.05, 4.69) is 25.9 Å². The summed E-state index contributed by atoms with van der Waals surface area (Å²) in [5.74, 6) is 0. The van der Waals surface area contributed by atoms with Gasteiger partial charge in [0.15, 0.2) is 0 Å². The molecule has 0 aliphatic rings. The number of hydrogen-bond donors (Lipinski definition) is 0. The highest BCUT2D eigenvalue weighted by Crippen LogP contribution is 3.01. The Morgan fingerprint density at radius 1 is 1.00 bits per heavy atom. The molecule has 1 rings (SSSR count). The maximum Gasteiger partial charge on any atom is 0.342 e. The number of halogens is 6. The molecule has 0 unspecified atom stereocenters. The second kappa shape index (κ2) is 2.14. The number of hydrogen-bond acceptors (Lipinski definition) is 2. The van der Waals surface area contributed by atoms with Gasteiger partial charge in [0.2, 0.25) is 0 Å². The molecule has 2 nitrogen and oxygen atoms in total. The van der Waals surface area contributed by atoms with Crippen molar-refractivity contribution in [2.45, 2.75) is 5.16 Å². The second-order valence-electron chi connectivity index (χ2n) is 2.15. The van der Waals surface area contributed by atoms with E-state index >= 15 is 0 Å². The molecule has 1 aromatic heterocycles. The van der Waals surface area contributed by atoms with Gasteiger partial charge in [0, 0.05) is 12.4 Å². The molecule has 0 atom stereocenters. The van der Waals surface area contributed by atoms with Gasteiger partial charge in [-0.05, 0) is 15.9 Å². The molecule has 1 heterocycles. The highest BCUT2D eigenvalue weighted by molar-refractivity contribution is 9.10. The van der Waals surface area contributed by atoms with E-state index in [1.807, 2.05) is 0 Å². The van der Waals surface area contributed by atoms with Crippen molar-refractivity contribution in [1.29, 1.82) is 0 Å². The normalized spacial score (nSPS) is 17.7. The van der Waals surface area contributed by atoms with E-state index in [1.54, 1.807) is 0 Å². The van der Waals surface area contributed by atoms with Crippen LogP contribution < -0.4 is 0 Å². The van der Waals surface area contributed by atoms with Gasteiger partial charge < -0.3 is 0 Å². The summed E-state index contributed by atoms with van der Waals surface area (Å²) in [6.45, 7) is 0.